The van der Waals surface area contributed by atoms with Crippen LogP contribution < -0.4 is 21.1 Å². The van der Waals surface area contributed by atoms with Crippen molar-refractivity contribution in [3.8, 4) is 16.9 Å². The van der Waals surface area contributed by atoms with Gasteiger partial charge in [0.2, 0.25) is 5.56 Å². The number of benzene rings is 5. The Labute approximate surface area is 411 Å². The van der Waals surface area contributed by atoms with Gasteiger partial charge in [-0.3, -0.25) is 9.69 Å². The van der Waals surface area contributed by atoms with Gasteiger partial charge in [-0.25, -0.2) is 9.59 Å². The topological polar surface area (TPSA) is 158 Å². The summed E-state index contributed by atoms with van der Waals surface area (Å²) in [6, 6.07) is 40.6. The summed E-state index contributed by atoms with van der Waals surface area (Å²) in [5.74, 6) is 0.0285. The molecule has 5 aromatic carbocycles. The predicted molar refractivity (Wildman–Crippen MR) is 283 cm³/mol. The molecule has 5 N–H and O–H groups in total. The first-order valence-corrected chi connectivity index (χ1v) is 27.2. The van der Waals surface area contributed by atoms with E-state index in [0.29, 0.717) is 50.0 Å². The number of nitrogens with one attached hydrogen (secondary N) is 3. The van der Waals surface area contributed by atoms with Gasteiger partial charge in [-0.15, -0.1) is 0 Å². The molecule has 12 nitrogen and oxygen atoms in total. The van der Waals surface area contributed by atoms with Crippen molar-refractivity contribution in [2.45, 2.75) is 109 Å². The number of phenolic OH excluding ortho intramolecular Hbond substituents is 1. The number of carboxylic acid groups (broad SMARTS) is 1. The predicted octanol–water partition coefficient (Wildman–Crippen LogP) is 12.5. The van der Waals surface area contributed by atoms with E-state index in [1.165, 1.54) is 11.0 Å². The number of hydrogen-bond donors (Lipinski definition) is 5. The van der Waals surface area contributed by atoms with E-state index in [-0.39, 0.29) is 41.1 Å². The third-order valence-corrected chi connectivity index (χ3v) is 18.5. The fourth-order valence-electron chi connectivity index (χ4n) is 9.20. The molecule has 0 saturated heterocycles. The standard InChI is InChI=1S/C57H65N5O7Si/c1-57(2,3)70(4,5)69-52(47-26-29-51(63)54-48(47)27-30-53(64)60-54)37-58-36-41-20-28-49-43(34-41)31-33-61(49)32-13-12-14-39-19-25-46(42-17-10-7-11-18-42)50(35-39)62(56(66)67)45-23-21-44(22-24-45)59-55(65)68-38-40-15-8-6-9-16-40/h6-12,14-20,25-31,33-35,44-45,52,58,63H,13,21-24,32,36-38H2,1-5H3,(H,59,65)(H,60,64)(H,66,67). The Hall–Kier alpha value is -6.93. The smallest absolute Gasteiger partial charge is 0.412 e. The van der Waals surface area contributed by atoms with E-state index in [9.17, 15) is 24.6 Å². The number of phenols is 1. The van der Waals surface area contributed by atoms with Crippen molar-refractivity contribution in [3.05, 3.63) is 172 Å². The van der Waals surface area contributed by atoms with Crippen LogP contribution in [0.5, 0.6) is 5.75 Å². The summed E-state index contributed by atoms with van der Waals surface area (Å²) >= 11 is 0. The van der Waals surface area contributed by atoms with Crippen LogP contribution in [0.2, 0.25) is 18.1 Å². The van der Waals surface area contributed by atoms with Gasteiger partial charge in [0, 0.05) is 60.4 Å². The normalized spacial score (nSPS) is 15.8. The molecule has 1 saturated carbocycles. The van der Waals surface area contributed by atoms with Gasteiger partial charge in [0.25, 0.3) is 0 Å². The van der Waals surface area contributed by atoms with E-state index in [0.717, 1.165) is 62.6 Å². The summed E-state index contributed by atoms with van der Waals surface area (Å²) in [4.78, 5) is 42.3. The number of allylic oxidation sites excluding steroid dienone is 1. The zero-order valence-corrected chi connectivity index (χ0v) is 41.8. The van der Waals surface area contributed by atoms with Crippen molar-refractivity contribution in [1.29, 1.82) is 0 Å². The van der Waals surface area contributed by atoms with E-state index in [1.807, 2.05) is 84.9 Å². The van der Waals surface area contributed by atoms with Crippen molar-refractivity contribution >= 4 is 54.1 Å². The second-order valence-electron chi connectivity index (χ2n) is 19.9. The summed E-state index contributed by atoms with van der Waals surface area (Å²) < 4.78 is 14.7. The van der Waals surface area contributed by atoms with Gasteiger partial charge in [0.1, 0.15) is 12.4 Å². The third kappa shape index (κ3) is 11.9. The molecule has 2 amide bonds. The maximum absolute atomic E-state index is 13.2. The molecule has 1 atom stereocenters. The molecule has 1 aliphatic rings. The lowest BCUT2D eigenvalue weighted by molar-refractivity contribution is 0.132. The molecule has 7 aromatic rings. The van der Waals surface area contributed by atoms with Gasteiger partial charge in [0.05, 0.1) is 17.3 Å². The largest absolute Gasteiger partial charge is 0.506 e. The molecule has 0 bridgehead atoms. The monoisotopic (exact) mass is 959 g/mol. The minimum absolute atomic E-state index is 0.0220. The van der Waals surface area contributed by atoms with Crippen LogP contribution in [0.3, 0.4) is 0 Å². The molecule has 0 aliphatic heterocycles. The van der Waals surface area contributed by atoms with E-state index < -0.39 is 20.5 Å². The van der Waals surface area contributed by atoms with Gasteiger partial charge in [-0.1, -0.05) is 118 Å². The average molecular weight is 960 g/mol. The highest BCUT2D eigenvalue weighted by molar-refractivity contribution is 6.74. The number of aromatic hydroxyl groups is 1. The van der Waals surface area contributed by atoms with Crippen molar-refractivity contribution in [1.82, 2.24) is 20.2 Å². The van der Waals surface area contributed by atoms with Gasteiger partial charge in [-0.05, 0) is 120 Å². The lowest BCUT2D eigenvalue weighted by atomic mass is 9.89. The average Bonchev–Trinajstić information content (AvgIpc) is 3.75. The molecule has 1 unspecified atom stereocenters. The summed E-state index contributed by atoms with van der Waals surface area (Å²) in [6.07, 6.45) is 7.80. The number of ether oxygens (including phenoxy) is 1. The Balaban J connectivity index is 0.909. The third-order valence-electron chi connectivity index (χ3n) is 14.0. The minimum atomic E-state index is -2.23. The first-order chi connectivity index (χ1) is 33.6. The van der Waals surface area contributed by atoms with Gasteiger partial charge in [-0.2, -0.15) is 0 Å². The van der Waals surface area contributed by atoms with Gasteiger partial charge >= 0.3 is 12.2 Å². The van der Waals surface area contributed by atoms with Gasteiger partial charge < -0.3 is 39.6 Å². The number of amides is 2. The quantitative estimate of drug-likeness (QED) is 0.0565. The Bertz CT molecular complexity index is 3010. The molecule has 1 aliphatic carbocycles. The molecule has 0 spiro atoms. The molecule has 364 valence electrons. The number of aromatic amines is 1. The van der Waals surface area contributed by atoms with Crippen LogP contribution in [0.25, 0.3) is 39.0 Å². The molecular formula is C57H65N5O7Si. The summed E-state index contributed by atoms with van der Waals surface area (Å²) in [5, 5.41) is 29.9. The lowest BCUT2D eigenvalue weighted by Gasteiger charge is -2.39. The zero-order chi connectivity index (χ0) is 49.4. The second kappa shape index (κ2) is 21.8. The molecule has 2 aromatic heterocycles. The van der Waals surface area contributed by atoms with Crippen molar-refractivity contribution < 1.29 is 29.0 Å². The number of aryl methyl sites for hydroxylation is 1. The van der Waals surface area contributed by atoms with Crippen molar-refractivity contribution in [2.75, 3.05) is 11.4 Å². The number of aromatic nitrogens is 2. The fraction of sp³-hybridized carbons (Fsp3) is 0.316. The Morgan fingerprint density at radius 2 is 1.63 bits per heavy atom. The number of anilines is 1. The maximum atomic E-state index is 13.2. The molecule has 8 rings (SSSR count). The van der Waals surface area contributed by atoms with Crippen LogP contribution in [0.4, 0.5) is 15.3 Å². The first kappa shape index (κ1) is 49.5. The number of carbonyl (C=O) groups is 2. The number of hydrogen-bond acceptors (Lipinski definition) is 7. The van der Waals surface area contributed by atoms with Crippen LogP contribution in [-0.4, -0.2) is 58.9 Å². The van der Waals surface area contributed by atoms with E-state index in [1.54, 1.807) is 12.1 Å². The van der Waals surface area contributed by atoms with Crippen LogP contribution in [0.1, 0.15) is 81.2 Å². The number of rotatable bonds is 17. The highest BCUT2D eigenvalue weighted by Gasteiger charge is 2.40. The van der Waals surface area contributed by atoms with Crippen LogP contribution >= 0.6 is 0 Å². The summed E-state index contributed by atoms with van der Waals surface area (Å²) in [6.45, 7) is 13.2. The first-order valence-electron chi connectivity index (χ1n) is 24.3. The highest BCUT2D eigenvalue weighted by atomic mass is 28.4. The Morgan fingerprint density at radius 3 is 2.36 bits per heavy atom. The number of carbonyl (C=O) groups excluding carboxylic acids is 1. The molecular weight excluding hydrogens is 895 g/mol. The number of pyridine rings is 1. The number of fused-ring (bicyclic) bond motifs is 2. The lowest BCUT2D eigenvalue weighted by Crippen LogP contribution is -2.46. The molecule has 0 radical (unpaired) electrons. The highest BCUT2D eigenvalue weighted by Crippen LogP contribution is 2.42. The van der Waals surface area contributed by atoms with E-state index in [4.69, 9.17) is 9.16 Å². The number of alkyl carbamates (subject to hydrolysis) is 1. The Morgan fingerprint density at radius 1 is 0.886 bits per heavy atom. The minimum Gasteiger partial charge on any atom is -0.506 e. The second-order valence-corrected chi connectivity index (χ2v) is 24.6. The summed E-state index contributed by atoms with van der Waals surface area (Å²) in [5.41, 5.74) is 7.61. The van der Waals surface area contributed by atoms with Crippen molar-refractivity contribution in [3.63, 3.8) is 0 Å². The van der Waals surface area contributed by atoms with E-state index in [2.05, 4.69) is 96.7 Å². The molecule has 13 heteroatoms. The molecule has 70 heavy (non-hydrogen) atoms. The Kier molecular flexibility index (Phi) is 15.4. The number of nitrogens with zero attached hydrogens (tertiary/aromatic N) is 2. The van der Waals surface area contributed by atoms with E-state index >= 15 is 0 Å². The molecule has 2 heterocycles. The SMILES string of the molecule is CC(C)(C)[Si](C)(C)OC(CNCc1ccc2c(ccn2CCC=Cc2ccc(-c3ccccc3)c(N(C(=O)O)C3CCC(NC(=O)OCc4ccccc4)CC3)c2)c1)c1ccc(O)c2[nH]c(=O)ccc12. The maximum Gasteiger partial charge on any atom is 0.412 e. The fourth-order valence-corrected chi connectivity index (χ4v) is 10.5. The number of H-pyrrole nitrogens is 1. The zero-order valence-electron chi connectivity index (χ0n) is 40.8. The van der Waals surface area contributed by atoms with Gasteiger partial charge in [0.15, 0.2) is 8.32 Å². The summed E-state index contributed by atoms with van der Waals surface area (Å²) in [7, 11) is -2.23. The van der Waals surface area contributed by atoms with Crippen molar-refractivity contribution in [2.24, 2.45) is 0 Å². The molecule has 1 fully saturated rings. The van der Waals surface area contributed by atoms with Crippen LogP contribution in [0, 0.1) is 0 Å². The van der Waals surface area contributed by atoms with Crippen LogP contribution in [0.15, 0.2) is 144 Å². The van der Waals surface area contributed by atoms with Crippen LogP contribution in [-0.2, 0) is 28.9 Å².